The Morgan fingerprint density at radius 1 is 1.53 bits per heavy atom. The van der Waals surface area contributed by atoms with Gasteiger partial charge in [0, 0.05) is 32.2 Å². The molecule has 1 fully saturated rings. The molecule has 0 radical (unpaired) electrons. The van der Waals surface area contributed by atoms with Gasteiger partial charge in [-0.15, -0.1) is 0 Å². The minimum Gasteiger partial charge on any atom is -0.461 e. The second-order valence-corrected chi connectivity index (χ2v) is 4.48. The van der Waals surface area contributed by atoms with Crippen molar-refractivity contribution >= 4 is 0 Å². The lowest BCUT2D eigenvalue weighted by Crippen LogP contribution is -2.50. The molecule has 19 heavy (non-hydrogen) atoms. The number of piperazine rings is 1. The van der Waals surface area contributed by atoms with Crippen molar-refractivity contribution in [1.29, 1.82) is 5.26 Å². The zero-order valence-corrected chi connectivity index (χ0v) is 10.4. The maximum absolute atomic E-state index is 9.10. The van der Waals surface area contributed by atoms with Crippen LogP contribution in [0.3, 0.4) is 0 Å². The molecule has 1 saturated heterocycles. The van der Waals surface area contributed by atoms with Gasteiger partial charge in [-0.1, -0.05) is 5.16 Å². The van der Waals surface area contributed by atoms with Crippen LogP contribution < -0.4 is 5.32 Å². The molecule has 0 aromatic carbocycles. The van der Waals surface area contributed by atoms with E-state index in [-0.39, 0.29) is 6.04 Å². The van der Waals surface area contributed by atoms with Crippen LogP contribution in [0.15, 0.2) is 33.4 Å². The van der Waals surface area contributed by atoms with E-state index >= 15 is 0 Å². The molecule has 2 aromatic heterocycles. The van der Waals surface area contributed by atoms with Crippen molar-refractivity contribution in [3.05, 3.63) is 30.2 Å². The average Bonchev–Trinajstić information content (AvgIpc) is 3.09. The summed E-state index contributed by atoms with van der Waals surface area (Å²) < 4.78 is 10.5. The number of hydrogen-bond acceptors (Lipinski definition) is 6. The van der Waals surface area contributed by atoms with Crippen LogP contribution in [0.4, 0.5) is 0 Å². The normalized spacial score (nSPS) is 20.3. The highest BCUT2D eigenvalue weighted by Gasteiger charge is 2.23. The summed E-state index contributed by atoms with van der Waals surface area (Å²) in [4.78, 5) is 2.10. The summed E-state index contributed by atoms with van der Waals surface area (Å²) in [6, 6.07) is 7.67. The third-order valence-electron chi connectivity index (χ3n) is 3.19. The Hall–Kier alpha value is -2.10. The van der Waals surface area contributed by atoms with Gasteiger partial charge in [0.15, 0.2) is 5.76 Å². The molecular formula is C13H14N4O2. The predicted octanol–water partition coefficient (Wildman–Crippen LogP) is 1.23. The zero-order valence-electron chi connectivity index (χ0n) is 10.4. The van der Waals surface area contributed by atoms with Crippen LogP contribution in [0, 0.1) is 11.3 Å². The van der Waals surface area contributed by atoms with E-state index in [2.05, 4.69) is 21.4 Å². The summed E-state index contributed by atoms with van der Waals surface area (Å²) >= 11 is 0. The Labute approximate surface area is 110 Å². The zero-order chi connectivity index (χ0) is 13.1. The summed E-state index contributed by atoms with van der Waals surface area (Å²) in [7, 11) is 0. The van der Waals surface area contributed by atoms with E-state index in [1.807, 2.05) is 12.1 Å². The van der Waals surface area contributed by atoms with Gasteiger partial charge >= 0.3 is 0 Å². The summed E-state index contributed by atoms with van der Waals surface area (Å²) in [6.45, 7) is 3.03. The van der Waals surface area contributed by atoms with Gasteiger partial charge in [-0.25, -0.2) is 0 Å². The Morgan fingerprint density at radius 3 is 3.26 bits per heavy atom. The van der Waals surface area contributed by atoms with E-state index in [4.69, 9.17) is 14.2 Å². The highest BCUT2D eigenvalue weighted by molar-refractivity contribution is 5.49. The van der Waals surface area contributed by atoms with Gasteiger partial charge in [-0.3, -0.25) is 4.90 Å². The van der Waals surface area contributed by atoms with Crippen LogP contribution in [-0.2, 0) is 6.54 Å². The molecule has 0 bridgehead atoms. The largest absolute Gasteiger partial charge is 0.461 e. The number of aromatic nitrogens is 1. The van der Waals surface area contributed by atoms with Crippen molar-refractivity contribution in [3.63, 3.8) is 0 Å². The molecule has 0 saturated carbocycles. The standard InChI is InChI=1S/C13H14N4O2/c14-7-11-8-15-3-4-17(11)9-10-6-13(19-16-10)12-2-1-5-18-12/h1-2,5-6,11,15H,3-4,8-9H2. The number of rotatable bonds is 3. The first-order valence-electron chi connectivity index (χ1n) is 6.20. The lowest BCUT2D eigenvalue weighted by Gasteiger charge is -2.30. The van der Waals surface area contributed by atoms with Gasteiger partial charge in [0.1, 0.15) is 6.04 Å². The monoisotopic (exact) mass is 258 g/mol. The molecule has 3 heterocycles. The van der Waals surface area contributed by atoms with Gasteiger partial charge < -0.3 is 14.3 Å². The van der Waals surface area contributed by atoms with Crippen molar-refractivity contribution in [2.45, 2.75) is 12.6 Å². The molecule has 3 rings (SSSR count). The molecule has 1 aliphatic heterocycles. The second-order valence-electron chi connectivity index (χ2n) is 4.48. The summed E-state index contributed by atoms with van der Waals surface area (Å²) in [5, 5.41) is 16.3. The van der Waals surface area contributed by atoms with Crippen molar-refractivity contribution in [2.24, 2.45) is 0 Å². The number of hydrogen-bond donors (Lipinski definition) is 1. The molecule has 1 aliphatic rings. The summed E-state index contributed by atoms with van der Waals surface area (Å²) in [5.41, 5.74) is 0.813. The lowest BCUT2D eigenvalue weighted by molar-refractivity contribution is 0.184. The van der Waals surface area contributed by atoms with Gasteiger partial charge in [0.2, 0.25) is 5.76 Å². The van der Waals surface area contributed by atoms with Gasteiger partial charge in [0.25, 0.3) is 0 Å². The third kappa shape index (κ3) is 2.52. The minimum atomic E-state index is -0.113. The van der Waals surface area contributed by atoms with Crippen molar-refractivity contribution < 1.29 is 8.94 Å². The van der Waals surface area contributed by atoms with Crippen LogP contribution in [0.5, 0.6) is 0 Å². The van der Waals surface area contributed by atoms with Crippen LogP contribution in [0.25, 0.3) is 11.5 Å². The molecule has 1 N–H and O–H groups in total. The lowest BCUT2D eigenvalue weighted by atomic mass is 10.2. The molecule has 0 aliphatic carbocycles. The average molecular weight is 258 g/mol. The van der Waals surface area contributed by atoms with Crippen LogP contribution in [0.1, 0.15) is 5.69 Å². The highest BCUT2D eigenvalue weighted by Crippen LogP contribution is 2.21. The van der Waals surface area contributed by atoms with Gasteiger partial charge in [0.05, 0.1) is 18.0 Å². The maximum atomic E-state index is 9.10. The van der Waals surface area contributed by atoms with Crippen molar-refractivity contribution in [3.8, 4) is 17.6 Å². The topological polar surface area (TPSA) is 78.2 Å². The number of furan rings is 1. The molecule has 0 spiro atoms. The van der Waals surface area contributed by atoms with Gasteiger partial charge in [-0.05, 0) is 12.1 Å². The molecule has 6 nitrogen and oxygen atoms in total. The molecule has 1 unspecified atom stereocenters. The minimum absolute atomic E-state index is 0.113. The smallest absolute Gasteiger partial charge is 0.202 e. The van der Waals surface area contributed by atoms with Crippen LogP contribution in [-0.4, -0.2) is 35.7 Å². The molecule has 0 amide bonds. The molecular weight excluding hydrogens is 244 g/mol. The van der Waals surface area contributed by atoms with Crippen LogP contribution in [0.2, 0.25) is 0 Å². The fraction of sp³-hybridized carbons (Fsp3) is 0.385. The molecule has 6 heteroatoms. The van der Waals surface area contributed by atoms with E-state index < -0.39 is 0 Å². The van der Waals surface area contributed by atoms with Gasteiger partial charge in [-0.2, -0.15) is 5.26 Å². The van der Waals surface area contributed by atoms with Crippen molar-refractivity contribution in [1.82, 2.24) is 15.4 Å². The first-order chi connectivity index (χ1) is 9.36. The first-order valence-corrected chi connectivity index (χ1v) is 6.20. The Morgan fingerprint density at radius 2 is 2.47 bits per heavy atom. The quantitative estimate of drug-likeness (QED) is 0.892. The number of nitrogens with zero attached hydrogens (tertiary/aromatic N) is 3. The summed E-state index contributed by atoms with van der Waals surface area (Å²) in [6.07, 6.45) is 1.60. The fourth-order valence-corrected chi connectivity index (χ4v) is 2.19. The fourth-order valence-electron chi connectivity index (χ4n) is 2.19. The van der Waals surface area contributed by atoms with E-state index in [9.17, 15) is 0 Å². The second kappa shape index (κ2) is 5.26. The number of nitriles is 1. The predicted molar refractivity (Wildman–Crippen MR) is 66.9 cm³/mol. The van der Waals surface area contributed by atoms with Crippen LogP contribution >= 0.6 is 0 Å². The summed E-state index contributed by atoms with van der Waals surface area (Å²) in [5.74, 6) is 1.28. The molecule has 2 aromatic rings. The third-order valence-corrected chi connectivity index (χ3v) is 3.19. The van der Waals surface area contributed by atoms with E-state index in [1.165, 1.54) is 0 Å². The maximum Gasteiger partial charge on any atom is 0.202 e. The highest BCUT2D eigenvalue weighted by atomic mass is 16.5. The first kappa shape index (κ1) is 12.0. The van der Waals surface area contributed by atoms with E-state index in [0.29, 0.717) is 24.6 Å². The number of nitrogens with one attached hydrogen (secondary N) is 1. The molecule has 98 valence electrons. The Bertz CT molecular complexity index is 570. The Kier molecular flexibility index (Phi) is 3.31. The Balaban J connectivity index is 1.72. The van der Waals surface area contributed by atoms with Crippen molar-refractivity contribution in [2.75, 3.05) is 19.6 Å². The molecule has 1 atom stereocenters. The SMILES string of the molecule is N#CC1CNCCN1Cc1cc(-c2ccco2)on1. The van der Waals surface area contributed by atoms with E-state index in [1.54, 1.807) is 12.3 Å². The van der Waals surface area contributed by atoms with E-state index in [0.717, 1.165) is 18.8 Å².